The zero-order chi connectivity index (χ0) is 13.1. The van der Waals surface area contributed by atoms with E-state index in [-0.39, 0.29) is 5.75 Å². The molecule has 96 valence electrons. The lowest BCUT2D eigenvalue weighted by molar-refractivity contribution is 0.383. The molecule has 1 aromatic carbocycles. The highest BCUT2D eigenvalue weighted by molar-refractivity contribution is 8.13. The van der Waals surface area contributed by atoms with E-state index in [0.29, 0.717) is 23.5 Å². The second-order valence-corrected chi connectivity index (χ2v) is 6.25. The standard InChI is InChI=1S/C11H15ClO4S/c1-4-9-10(15-2)6-5-8(11(9)16-3)7-17(12,13)14/h5-6H,4,7H2,1-3H3. The minimum atomic E-state index is -3.60. The highest BCUT2D eigenvalue weighted by Gasteiger charge is 2.17. The molecule has 1 aromatic rings. The smallest absolute Gasteiger partial charge is 0.236 e. The van der Waals surface area contributed by atoms with Gasteiger partial charge in [-0.3, -0.25) is 0 Å². The highest BCUT2D eigenvalue weighted by Crippen LogP contribution is 2.33. The molecular formula is C11H15ClO4S. The van der Waals surface area contributed by atoms with Crippen LogP contribution in [0.25, 0.3) is 0 Å². The molecule has 0 aliphatic heterocycles. The topological polar surface area (TPSA) is 52.6 Å². The van der Waals surface area contributed by atoms with E-state index >= 15 is 0 Å². The van der Waals surface area contributed by atoms with Gasteiger partial charge in [0.2, 0.25) is 9.05 Å². The van der Waals surface area contributed by atoms with Crippen molar-refractivity contribution < 1.29 is 17.9 Å². The van der Waals surface area contributed by atoms with Crippen molar-refractivity contribution in [1.82, 2.24) is 0 Å². The number of halogens is 1. The number of rotatable bonds is 5. The highest BCUT2D eigenvalue weighted by atomic mass is 35.7. The van der Waals surface area contributed by atoms with Gasteiger partial charge in [-0.1, -0.05) is 13.0 Å². The van der Waals surface area contributed by atoms with E-state index < -0.39 is 9.05 Å². The SMILES string of the molecule is CCc1c(OC)ccc(CS(=O)(=O)Cl)c1OC. The van der Waals surface area contributed by atoms with E-state index in [1.165, 1.54) is 7.11 Å². The Kier molecular flexibility index (Phi) is 4.65. The summed E-state index contributed by atoms with van der Waals surface area (Å²) < 4.78 is 32.7. The third-order valence-electron chi connectivity index (χ3n) is 2.40. The molecule has 0 radical (unpaired) electrons. The van der Waals surface area contributed by atoms with Crippen LogP contribution in [-0.2, 0) is 21.2 Å². The lowest BCUT2D eigenvalue weighted by Crippen LogP contribution is -2.03. The summed E-state index contributed by atoms with van der Waals surface area (Å²) in [7, 11) is 4.71. The fraction of sp³-hybridized carbons (Fsp3) is 0.455. The van der Waals surface area contributed by atoms with Crippen LogP contribution in [0.4, 0.5) is 0 Å². The summed E-state index contributed by atoms with van der Waals surface area (Å²) in [6.45, 7) is 1.94. The molecule has 0 saturated carbocycles. The maximum absolute atomic E-state index is 11.1. The van der Waals surface area contributed by atoms with Gasteiger partial charge in [-0.25, -0.2) is 8.42 Å². The second kappa shape index (κ2) is 5.60. The molecule has 0 N–H and O–H groups in total. The van der Waals surface area contributed by atoms with Crippen LogP contribution in [0.1, 0.15) is 18.1 Å². The number of benzene rings is 1. The Morgan fingerprint density at radius 3 is 2.29 bits per heavy atom. The molecule has 0 unspecified atom stereocenters. The molecule has 1 rings (SSSR count). The normalized spacial score (nSPS) is 11.3. The van der Waals surface area contributed by atoms with Crippen LogP contribution in [-0.4, -0.2) is 22.6 Å². The number of ether oxygens (including phenoxy) is 2. The first-order valence-corrected chi connectivity index (χ1v) is 7.55. The maximum atomic E-state index is 11.1. The van der Waals surface area contributed by atoms with Crippen molar-refractivity contribution >= 4 is 19.7 Å². The van der Waals surface area contributed by atoms with Gasteiger partial charge in [-0.15, -0.1) is 0 Å². The third-order valence-corrected chi connectivity index (χ3v) is 3.39. The van der Waals surface area contributed by atoms with Crippen LogP contribution in [0.3, 0.4) is 0 Å². The number of methoxy groups -OCH3 is 2. The lowest BCUT2D eigenvalue weighted by Gasteiger charge is -2.15. The zero-order valence-electron chi connectivity index (χ0n) is 9.99. The summed E-state index contributed by atoms with van der Waals surface area (Å²) in [5.74, 6) is 0.950. The Balaban J connectivity index is 3.33. The molecule has 0 spiro atoms. The van der Waals surface area contributed by atoms with E-state index in [1.807, 2.05) is 6.92 Å². The first kappa shape index (κ1) is 14.1. The number of hydrogen-bond acceptors (Lipinski definition) is 4. The van der Waals surface area contributed by atoms with Crippen LogP contribution >= 0.6 is 10.7 Å². The summed E-state index contributed by atoms with van der Waals surface area (Å²) in [6, 6.07) is 3.37. The summed E-state index contributed by atoms with van der Waals surface area (Å²) in [5, 5.41) is 0. The van der Waals surface area contributed by atoms with Crippen molar-refractivity contribution in [3.8, 4) is 11.5 Å². The molecule has 6 heteroatoms. The Morgan fingerprint density at radius 2 is 1.88 bits per heavy atom. The molecule has 0 aromatic heterocycles. The van der Waals surface area contributed by atoms with Crippen molar-refractivity contribution in [2.75, 3.05) is 14.2 Å². The van der Waals surface area contributed by atoms with Gasteiger partial charge >= 0.3 is 0 Å². The quantitative estimate of drug-likeness (QED) is 0.776. The van der Waals surface area contributed by atoms with Crippen LogP contribution in [0.2, 0.25) is 0 Å². The van der Waals surface area contributed by atoms with Crippen molar-refractivity contribution in [3.63, 3.8) is 0 Å². The molecule has 0 heterocycles. The van der Waals surface area contributed by atoms with Gasteiger partial charge in [-0.05, 0) is 12.5 Å². The molecule has 4 nitrogen and oxygen atoms in total. The monoisotopic (exact) mass is 278 g/mol. The molecule has 0 aliphatic rings. The van der Waals surface area contributed by atoms with E-state index in [1.54, 1.807) is 19.2 Å². The van der Waals surface area contributed by atoms with Gasteiger partial charge in [0, 0.05) is 21.8 Å². The van der Waals surface area contributed by atoms with E-state index in [4.69, 9.17) is 20.2 Å². The molecule has 0 aliphatic carbocycles. The minimum absolute atomic E-state index is 0.255. The van der Waals surface area contributed by atoms with Crippen LogP contribution in [0.5, 0.6) is 11.5 Å². The van der Waals surface area contributed by atoms with Gasteiger partial charge < -0.3 is 9.47 Å². The Bertz CT molecular complexity index is 496. The Morgan fingerprint density at radius 1 is 1.24 bits per heavy atom. The van der Waals surface area contributed by atoms with Crippen LogP contribution in [0.15, 0.2) is 12.1 Å². The first-order valence-electron chi connectivity index (χ1n) is 5.08. The molecule has 0 saturated heterocycles. The molecule has 17 heavy (non-hydrogen) atoms. The van der Waals surface area contributed by atoms with Gasteiger partial charge in [0.25, 0.3) is 0 Å². The van der Waals surface area contributed by atoms with Gasteiger partial charge in [0.05, 0.1) is 20.0 Å². The predicted molar refractivity (Wildman–Crippen MR) is 67.4 cm³/mol. The van der Waals surface area contributed by atoms with Crippen molar-refractivity contribution in [2.45, 2.75) is 19.1 Å². The van der Waals surface area contributed by atoms with Crippen molar-refractivity contribution in [1.29, 1.82) is 0 Å². The van der Waals surface area contributed by atoms with Crippen molar-refractivity contribution in [3.05, 3.63) is 23.3 Å². The van der Waals surface area contributed by atoms with Gasteiger partial charge in [0.1, 0.15) is 11.5 Å². The fourth-order valence-corrected chi connectivity index (χ4v) is 2.69. The van der Waals surface area contributed by atoms with E-state index in [0.717, 1.165) is 5.56 Å². The Labute approximate surface area is 106 Å². The van der Waals surface area contributed by atoms with E-state index in [2.05, 4.69) is 0 Å². The average Bonchev–Trinajstić information content (AvgIpc) is 2.26. The summed E-state index contributed by atoms with van der Waals surface area (Å²) in [4.78, 5) is 0. The molecule has 0 atom stereocenters. The summed E-state index contributed by atoms with van der Waals surface area (Å²) >= 11 is 0. The summed E-state index contributed by atoms with van der Waals surface area (Å²) in [6.07, 6.45) is 0.683. The molecular weight excluding hydrogens is 264 g/mol. The zero-order valence-corrected chi connectivity index (χ0v) is 11.6. The maximum Gasteiger partial charge on any atom is 0.236 e. The molecule has 0 amide bonds. The average molecular weight is 279 g/mol. The van der Waals surface area contributed by atoms with E-state index in [9.17, 15) is 8.42 Å². The Hall–Kier alpha value is -0.940. The predicted octanol–water partition coefficient (Wildman–Crippen LogP) is 2.33. The van der Waals surface area contributed by atoms with Gasteiger partial charge in [-0.2, -0.15) is 0 Å². The van der Waals surface area contributed by atoms with Gasteiger partial charge in [0.15, 0.2) is 0 Å². The fourth-order valence-electron chi connectivity index (χ4n) is 1.74. The first-order chi connectivity index (χ1) is 7.92. The van der Waals surface area contributed by atoms with Crippen molar-refractivity contribution in [2.24, 2.45) is 0 Å². The molecule has 0 bridgehead atoms. The second-order valence-electron chi connectivity index (χ2n) is 3.48. The number of hydrogen-bond donors (Lipinski definition) is 0. The lowest BCUT2D eigenvalue weighted by atomic mass is 10.1. The summed E-state index contributed by atoms with van der Waals surface area (Å²) in [5.41, 5.74) is 1.38. The largest absolute Gasteiger partial charge is 0.496 e. The van der Waals surface area contributed by atoms with Crippen LogP contribution in [0, 0.1) is 0 Å². The van der Waals surface area contributed by atoms with Crippen LogP contribution < -0.4 is 9.47 Å². The minimum Gasteiger partial charge on any atom is -0.496 e. The third kappa shape index (κ3) is 3.51. The molecule has 0 fully saturated rings.